The molecule has 0 radical (unpaired) electrons. The molecular formula is C8H7ClFN3O2. The number of halogens is 2. The monoisotopic (exact) mass is 231 g/mol. The molecule has 0 aliphatic heterocycles. The van der Waals surface area contributed by atoms with Crippen molar-refractivity contribution in [1.82, 2.24) is 0 Å². The molecule has 0 amide bonds. The highest BCUT2D eigenvalue weighted by atomic mass is 35.5. The van der Waals surface area contributed by atoms with Crippen molar-refractivity contribution in [2.24, 2.45) is 10.7 Å². The predicted molar refractivity (Wildman–Crippen MR) is 55.1 cm³/mol. The number of nitrogens with two attached hydrogens (primary N) is 1. The van der Waals surface area contributed by atoms with E-state index in [1.54, 1.807) is 0 Å². The molecule has 80 valence electrons. The second-order valence-electron chi connectivity index (χ2n) is 2.63. The highest BCUT2D eigenvalue weighted by Crippen LogP contribution is 2.22. The molecule has 0 aliphatic carbocycles. The van der Waals surface area contributed by atoms with Gasteiger partial charge in [0.2, 0.25) is 0 Å². The Morgan fingerprint density at radius 3 is 2.80 bits per heavy atom. The molecule has 0 aliphatic rings. The highest BCUT2D eigenvalue weighted by Gasteiger charge is 2.10. The van der Waals surface area contributed by atoms with Crippen molar-refractivity contribution in [1.29, 1.82) is 0 Å². The van der Waals surface area contributed by atoms with Crippen LogP contribution in [0.3, 0.4) is 0 Å². The van der Waals surface area contributed by atoms with Gasteiger partial charge in [-0.3, -0.25) is 10.1 Å². The topological polar surface area (TPSA) is 81.5 Å². The first-order chi connectivity index (χ1) is 7.04. The quantitative estimate of drug-likeness (QED) is 0.284. The predicted octanol–water partition coefficient (Wildman–Crippen LogP) is 1.96. The van der Waals surface area contributed by atoms with E-state index in [-0.39, 0.29) is 23.1 Å². The zero-order chi connectivity index (χ0) is 11.4. The lowest BCUT2D eigenvalue weighted by Gasteiger charge is -1.98. The molecule has 0 spiro atoms. The standard InChI is InChI=1S/C8H7ClFN3O2/c9-4-8(11)12-7-2-1-5(13(14)15)3-6(7)10/h1-3H,4H2,(H2,11,12). The number of amidine groups is 1. The van der Waals surface area contributed by atoms with Crippen LogP contribution >= 0.6 is 11.6 Å². The van der Waals surface area contributed by atoms with E-state index < -0.39 is 10.7 Å². The van der Waals surface area contributed by atoms with Crippen LogP contribution in [0.5, 0.6) is 0 Å². The van der Waals surface area contributed by atoms with Crippen molar-refractivity contribution >= 4 is 28.8 Å². The van der Waals surface area contributed by atoms with Gasteiger partial charge in [0.15, 0.2) is 5.82 Å². The Bertz CT molecular complexity index is 422. The van der Waals surface area contributed by atoms with Crippen LogP contribution in [0.1, 0.15) is 0 Å². The van der Waals surface area contributed by atoms with Crippen LogP contribution < -0.4 is 5.73 Å². The van der Waals surface area contributed by atoms with Crippen LogP contribution in [0.25, 0.3) is 0 Å². The van der Waals surface area contributed by atoms with Crippen molar-refractivity contribution in [3.05, 3.63) is 34.1 Å². The van der Waals surface area contributed by atoms with E-state index in [2.05, 4.69) is 4.99 Å². The summed E-state index contributed by atoms with van der Waals surface area (Å²) in [5.74, 6) is -0.794. The maximum atomic E-state index is 13.2. The summed E-state index contributed by atoms with van der Waals surface area (Å²) in [5, 5.41) is 10.3. The Morgan fingerprint density at radius 1 is 1.67 bits per heavy atom. The minimum Gasteiger partial charge on any atom is -0.386 e. The SMILES string of the molecule is NC(CCl)=Nc1ccc([N+](=O)[O-])cc1F. The molecule has 7 heteroatoms. The first kappa shape index (κ1) is 11.4. The molecule has 0 bridgehead atoms. The lowest BCUT2D eigenvalue weighted by atomic mass is 10.3. The van der Waals surface area contributed by atoms with E-state index >= 15 is 0 Å². The van der Waals surface area contributed by atoms with Crippen molar-refractivity contribution < 1.29 is 9.31 Å². The summed E-state index contributed by atoms with van der Waals surface area (Å²) < 4.78 is 13.2. The largest absolute Gasteiger partial charge is 0.386 e. The Balaban J connectivity index is 3.09. The molecule has 0 fully saturated rings. The minimum absolute atomic E-state index is 0.0313. The third-order valence-electron chi connectivity index (χ3n) is 1.54. The second-order valence-corrected chi connectivity index (χ2v) is 2.90. The molecule has 0 unspecified atom stereocenters. The molecule has 1 rings (SSSR count). The Morgan fingerprint density at radius 2 is 2.33 bits per heavy atom. The lowest BCUT2D eigenvalue weighted by molar-refractivity contribution is -0.385. The fourth-order valence-corrected chi connectivity index (χ4v) is 0.944. The van der Waals surface area contributed by atoms with E-state index in [0.717, 1.165) is 12.1 Å². The van der Waals surface area contributed by atoms with Crippen molar-refractivity contribution in [2.75, 3.05) is 5.88 Å². The third kappa shape index (κ3) is 2.88. The van der Waals surface area contributed by atoms with Crippen LogP contribution in [0, 0.1) is 15.9 Å². The van der Waals surface area contributed by atoms with Gasteiger partial charge in [0.25, 0.3) is 5.69 Å². The van der Waals surface area contributed by atoms with Crippen molar-refractivity contribution in [2.45, 2.75) is 0 Å². The first-order valence-corrected chi connectivity index (χ1v) is 4.41. The van der Waals surface area contributed by atoms with Gasteiger partial charge in [0, 0.05) is 6.07 Å². The van der Waals surface area contributed by atoms with Crippen molar-refractivity contribution in [3.63, 3.8) is 0 Å². The average Bonchev–Trinajstić information content (AvgIpc) is 2.20. The van der Waals surface area contributed by atoms with E-state index in [1.807, 2.05) is 0 Å². The normalized spacial score (nSPS) is 11.5. The number of hydrogen-bond acceptors (Lipinski definition) is 3. The lowest BCUT2D eigenvalue weighted by Crippen LogP contribution is -2.12. The third-order valence-corrected chi connectivity index (χ3v) is 1.82. The minimum atomic E-state index is -0.808. The molecule has 5 nitrogen and oxygen atoms in total. The van der Waals surface area contributed by atoms with Gasteiger partial charge in [-0.25, -0.2) is 9.38 Å². The summed E-state index contributed by atoms with van der Waals surface area (Å²) in [6, 6.07) is 3.09. The number of nitro groups is 1. The number of alkyl halides is 1. The van der Waals surface area contributed by atoms with Gasteiger partial charge in [-0.1, -0.05) is 0 Å². The fraction of sp³-hybridized carbons (Fsp3) is 0.125. The Labute approximate surface area is 89.5 Å². The van der Waals surface area contributed by atoms with Crippen molar-refractivity contribution in [3.8, 4) is 0 Å². The van der Waals surface area contributed by atoms with Gasteiger partial charge in [0.05, 0.1) is 16.9 Å². The summed E-state index contributed by atoms with van der Waals surface area (Å²) in [4.78, 5) is 13.2. The number of nitrogens with zero attached hydrogens (tertiary/aromatic N) is 2. The van der Waals surface area contributed by atoms with E-state index in [0.29, 0.717) is 0 Å². The van der Waals surface area contributed by atoms with E-state index in [1.165, 1.54) is 6.07 Å². The number of hydrogen-bond donors (Lipinski definition) is 1. The number of benzene rings is 1. The maximum Gasteiger partial charge on any atom is 0.272 e. The van der Waals surface area contributed by atoms with Gasteiger partial charge in [-0.2, -0.15) is 0 Å². The van der Waals surface area contributed by atoms with Gasteiger partial charge >= 0.3 is 0 Å². The summed E-state index contributed by atoms with van der Waals surface area (Å²) in [5.41, 5.74) is 4.88. The molecule has 0 aromatic heterocycles. The van der Waals surface area contributed by atoms with Crippen LogP contribution in [0.2, 0.25) is 0 Å². The molecular weight excluding hydrogens is 225 g/mol. The Kier molecular flexibility index (Phi) is 3.56. The van der Waals surface area contributed by atoms with E-state index in [9.17, 15) is 14.5 Å². The number of non-ortho nitro benzene ring substituents is 1. The molecule has 1 aromatic rings. The molecule has 2 N–H and O–H groups in total. The van der Waals surface area contributed by atoms with E-state index in [4.69, 9.17) is 17.3 Å². The average molecular weight is 232 g/mol. The zero-order valence-electron chi connectivity index (χ0n) is 7.48. The summed E-state index contributed by atoms with van der Waals surface area (Å²) in [6.07, 6.45) is 0. The summed E-state index contributed by atoms with van der Waals surface area (Å²) in [6.45, 7) is 0. The number of nitro benzene ring substituents is 1. The number of aliphatic imine (C=N–C) groups is 1. The summed E-state index contributed by atoms with van der Waals surface area (Å²) >= 11 is 5.35. The molecule has 1 aromatic carbocycles. The van der Waals surface area contributed by atoms with Crippen LogP contribution in [-0.4, -0.2) is 16.6 Å². The summed E-state index contributed by atoms with van der Waals surface area (Å²) in [7, 11) is 0. The van der Waals surface area contributed by atoms with Gasteiger partial charge in [-0.15, -0.1) is 11.6 Å². The smallest absolute Gasteiger partial charge is 0.272 e. The molecule has 0 heterocycles. The van der Waals surface area contributed by atoms with Gasteiger partial charge in [0.1, 0.15) is 11.5 Å². The zero-order valence-corrected chi connectivity index (χ0v) is 8.24. The van der Waals surface area contributed by atoms with Gasteiger partial charge in [-0.05, 0) is 6.07 Å². The molecule has 0 saturated carbocycles. The Hall–Kier alpha value is -1.69. The second kappa shape index (κ2) is 4.70. The number of rotatable bonds is 3. The van der Waals surface area contributed by atoms with Crippen LogP contribution in [-0.2, 0) is 0 Å². The molecule has 0 saturated heterocycles. The molecule has 15 heavy (non-hydrogen) atoms. The van der Waals surface area contributed by atoms with Crippen LogP contribution in [0.4, 0.5) is 15.8 Å². The maximum absolute atomic E-state index is 13.2. The molecule has 0 atom stereocenters. The fourth-order valence-electron chi connectivity index (χ4n) is 0.885. The highest BCUT2D eigenvalue weighted by molar-refractivity contribution is 6.28. The van der Waals surface area contributed by atoms with Gasteiger partial charge < -0.3 is 5.73 Å². The van der Waals surface area contributed by atoms with Crippen LogP contribution in [0.15, 0.2) is 23.2 Å². The first-order valence-electron chi connectivity index (χ1n) is 3.87.